The number of allylic oxidation sites excluding steroid dienone is 2. The van der Waals surface area contributed by atoms with Gasteiger partial charge in [-0.05, 0) is 18.3 Å². The van der Waals surface area contributed by atoms with Crippen LogP contribution in [-0.4, -0.2) is 19.6 Å². The van der Waals surface area contributed by atoms with Crippen molar-refractivity contribution in [3.63, 3.8) is 0 Å². The van der Waals surface area contributed by atoms with E-state index in [9.17, 15) is 0 Å². The number of halogens is 1. The number of aromatic nitrogens is 4. The first-order chi connectivity index (χ1) is 7.86. The predicted molar refractivity (Wildman–Crippen MR) is 59.3 cm³/mol. The van der Waals surface area contributed by atoms with Gasteiger partial charge in [-0.25, -0.2) is 4.98 Å². The van der Waals surface area contributed by atoms with Crippen molar-refractivity contribution < 1.29 is 0 Å². The van der Waals surface area contributed by atoms with Gasteiger partial charge < -0.3 is 0 Å². The topological polar surface area (TPSA) is 43.1 Å². The molecule has 2 aliphatic rings. The van der Waals surface area contributed by atoms with Crippen molar-refractivity contribution in [2.75, 3.05) is 0 Å². The highest BCUT2D eigenvalue weighted by molar-refractivity contribution is 6.32. The van der Waals surface area contributed by atoms with Crippen molar-refractivity contribution in [2.45, 2.75) is 12.3 Å². The van der Waals surface area contributed by atoms with Gasteiger partial charge in [0.25, 0.3) is 0 Å². The average Bonchev–Trinajstić information content (AvgIpc) is 2.73. The van der Waals surface area contributed by atoms with Crippen molar-refractivity contribution in [2.24, 2.45) is 11.8 Å². The largest absolute Gasteiger partial charge is 0.282 e. The molecule has 0 aliphatic heterocycles. The van der Waals surface area contributed by atoms with E-state index < -0.39 is 0 Å². The molecule has 1 fully saturated rings. The van der Waals surface area contributed by atoms with Gasteiger partial charge in [0, 0.05) is 18.3 Å². The fourth-order valence-electron chi connectivity index (χ4n) is 2.76. The van der Waals surface area contributed by atoms with Crippen LogP contribution in [-0.2, 0) is 0 Å². The van der Waals surface area contributed by atoms with Crippen molar-refractivity contribution in [1.29, 1.82) is 0 Å². The fourth-order valence-corrected chi connectivity index (χ4v) is 2.95. The van der Waals surface area contributed by atoms with Crippen LogP contribution in [0, 0.1) is 11.8 Å². The quantitative estimate of drug-likeness (QED) is 0.707. The molecule has 3 atom stereocenters. The van der Waals surface area contributed by atoms with E-state index in [1.807, 2.05) is 10.6 Å². The van der Waals surface area contributed by atoms with E-state index in [4.69, 9.17) is 11.6 Å². The Morgan fingerprint density at radius 3 is 3.12 bits per heavy atom. The second-order valence-corrected chi connectivity index (χ2v) is 4.76. The minimum atomic E-state index is 0.419. The lowest BCUT2D eigenvalue weighted by atomic mass is 10.2. The first kappa shape index (κ1) is 8.70. The fraction of sp³-hybridized carbons (Fsp3) is 0.364. The summed E-state index contributed by atoms with van der Waals surface area (Å²) in [7, 11) is 0. The molecule has 1 saturated carbocycles. The maximum Gasteiger partial charge on any atom is 0.198 e. The molecule has 0 saturated heterocycles. The molecule has 4 nitrogen and oxygen atoms in total. The van der Waals surface area contributed by atoms with E-state index in [2.05, 4.69) is 27.3 Å². The van der Waals surface area contributed by atoms with E-state index in [0.29, 0.717) is 22.6 Å². The lowest BCUT2D eigenvalue weighted by Gasteiger charge is -1.99. The van der Waals surface area contributed by atoms with Crippen LogP contribution >= 0.6 is 11.6 Å². The minimum Gasteiger partial charge on any atom is -0.282 e. The molecule has 3 unspecified atom stereocenters. The van der Waals surface area contributed by atoms with Crippen molar-refractivity contribution in [1.82, 2.24) is 19.6 Å². The van der Waals surface area contributed by atoms with E-state index in [0.717, 1.165) is 11.7 Å². The summed E-state index contributed by atoms with van der Waals surface area (Å²) in [5.41, 5.74) is 0.660. The Kier molecular flexibility index (Phi) is 1.54. The second-order valence-electron chi connectivity index (χ2n) is 4.40. The van der Waals surface area contributed by atoms with Gasteiger partial charge in [0.05, 0.1) is 0 Å². The highest BCUT2D eigenvalue weighted by Crippen LogP contribution is 2.59. The molecule has 0 spiro atoms. The minimum absolute atomic E-state index is 0.419. The lowest BCUT2D eigenvalue weighted by molar-refractivity contribution is 0.777. The van der Waals surface area contributed by atoms with Crippen LogP contribution < -0.4 is 0 Å². The summed E-state index contributed by atoms with van der Waals surface area (Å²) in [6, 6.07) is 0. The van der Waals surface area contributed by atoms with Crippen LogP contribution in [0.1, 0.15) is 18.2 Å². The molecule has 2 aliphatic carbocycles. The van der Waals surface area contributed by atoms with E-state index in [1.165, 1.54) is 6.42 Å². The summed E-state index contributed by atoms with van der Waals surface area (Å²) in [6.45, 7) is 0. The molecule has 4 rings (SSSR count). The summed E-state index contributed by atoms with van der Waals surface area (Å²) < 4.78 is 1.96. The van der Waals surface area contributed by atoms with Gasteiger partial charge >= 0.3 is 0 Å². The molecule has 2 aromatic rings. The molecular formula is C11H9ClN4. The number of nitrogens with zero attached hydrogens (tertiary/aromatic N) is 4. The van der Waals surface area contributed by atoms with Gasteiger partial charge in [0.2, 0.25) is 0 Å². The standard InChI is InChI=1S/C11H9ClN4/c12-9-11-15-14-10(16(11)5-4-13-9)8-6-2-1-3-7(6)8/h1-2,4-8H,3H2. The summed E-state index contributed by atoms with van der Waals surface area (Å²) in [5.74, 6) is 2.95. The third-order valence-corrected chi connectivity index (χ3v) is 3.87. The van der Waals surface area contributed by atoms with Crippen molar-refractivity contribution in [3.8, 4) is 0 Å². The summed E-state index contributed by atoms with van der Waals surface area (Å²) in [4.78, 5) is 4.00. The number of hydrogen-bond donors (Lipinski definition) is 0. The average molecular weight is 233 g/mol. The Hall–Kier alpha value is -1.42. The lowest BCUT2D eigenvalue weighted by Crippen LogP contribution is -1.95. The zero-order chi connectivity index (χ0) is 10.7. The van der Waals surface area contributed by atoms with Crippen LogP contribution in [0.3, 0.4) is 0 Å². The molecule has 16 heavy (non-hydrogen) atoms. The molecule has 2 heterocycles. The zero-order valence-corrected chi connectivity index (χ0v) is 9.17. The van der Waals surface area contributed by atoms with Gasteiger partial charge in [-0.15, -0.1) is 10.2 Å². The van der Waals surface area contributed by atoms with Crippen LogP contribution in [0.25, 0.3) is 5.65 Å². The monoisotopic (exact) mass is 232 g/mol. The molecular weight excluding hydrogens is 224 g/mol. The summed E-state index contributed by atoms with van der Waals surface area (Å²) in [5, 5.41) is 8.78. The Balaban J connectivity index is 1.87. The Morgan fingerprint density at radius 2 is 2.31 bits per heavy atom. The first-order valence-corrected chi connectivity index (χ1v) is 5.76. The Labute approximate surface area is 97.0 Å². The van der Waals surface area contributed by atoms with Gasteiger partial charge in [-0.3, -0.25) is 4.40 Å². The Morgan fingerprint density at radius 1 is 1.38 bits per heavy atom. The highest BCUT2D eigenvalue weighted by atomic mass is 35.5. The van der Waals surface area contributed by atoms with Crippen LogP contribution in [0.5, 0.6) is 0 Å². The van der Waals surface area contributed by atoms with Gasteiger partial charge in [-0.1, -0.05) is 23.8 Å². The van der Waals surface area contributed by atoms with Gasteiger partial charge in [0.15, 0.2) is 10.8 Å². The van der Waals surface area contributed by atoms with Crippen molar-refractivity contribution in [3.05, 3.63) is 35.5 Å². The second kappa shape index (κ2) is 2.83. The SMILES string of the molecule is Clc1nccn2c(C3C4C=CCC43)nnc12. The number of hydrogen-bond acceptors (Lipinski definition) is 3. The third kappa shape index (κ3) is 0.976. The molecule has 2 aromatic heterocycles. The van der Waals surface area contributed by atoms with Crippen LogP contribution in [0.15, 0.2) is 24.5 Å². The zero-order valence-electron chi connectivity index (χ0n) is 8.42. The molecule has 80 valence electrons. The van der Waals surface area contributed by atoms with Crippen LogP contribution in [0.4, 0.5) is 0 Å². The maximum absolute atomic E-state index is 5.97. The first-order valence-electron chi connectivity index (χ1n) is 5.38. The normalized spacial score (nSPS) is 30.9. The van der Waals surface area contributed by atoms with Gasteiger partial charge in [0.1, 0.15) is 5.82 Å². The third-order valence-electron chi connectivity index (χ3n) is 3.60. The summed E-state index contributed by atoms with van der Waals surface area (Å²) >= 11 is 5.97. The van der Waals surface area contributed by atoms with Gasteiger partial charge in [-0.2, -0.15) is 0 Å². The van der Waals surface area contributed by atoms with Crippen molar-refractivity contribution >= 4 is 17.2 Å². The number of fused-ring (bicyclic) bond motifs is 2. The smallest absolute Gasteiger partial charge is 0.198 e. The number of rotatable bonds is 1. The van der Waals surface area contributed by atoms with E-state index in [-0.39, 0.29) is 0 Å². The van der Waals surface area contributed by atoms with E-state index in [1.54, 1.807) is 6.20 Å². The molecule has 0 aromatic carbocycles. The predicted octanol–water partition coefficient (Wildman–Crippen LogP) is 2.07. The van der Waals surface area contributed by atoms with Crippen LogP contribution in [0.2, 0.25) is 5.15 Å². The molecule has 0 radical (unpaired) electrons. The molecule has 0 bridgehead atoms. The highest BCUT2D eigenvalue weighted by Gasteiger charge is 2.53. The molecule has 5 heteroatoms. The Bertz CT molecular complexity index is 603. The maximum atomic E-state index is 5.97. The molecule has 0 N–H and O–H groups in total. The van der Waals surface area contributed by atoms with E-state index >= 15 is 0 Å². The molecule has 0 amide bonds. The summed E-state index contributed by atoms with van der Waals surface area (Å²) in [6.07, 6.45) is 9.29.